The molecular formula is C13H19N3O3S. The molecule has 0 radical (unpaired) electrons. The van der Waals surface area contributed by atoms with Crippen LogP contribution >= 0.6 is 0 Å². The molecule has 3 N–H and O–H groups in total. The molecule has 1 aliphatic rings. The lowest BCUT2D eigenvalue weighted by molar-refractivity contribution is 0.0999. The molecule has 1 saturated heterocycles. The molecule has 0 aliphatic carbocycles. The molecule has 20 heavy (non-hydrogen) atoms. The summed E-state index contributed by atoms with van der Waals surface area (Å²) in [5.74, 6) is -0.617. The monoisotopic (exact) mass is 297 g/mol. The van der Waals surface area contributed by atoms with Gasteiger partial charge < -0.3 is 11.1 Å². The summed E-state index contributed by atoms with van der Waals surface area (Å²) in [6, 6.07) is 4.60. The Morgan fingerprint density at radius 2 is 2.15 bits per heavy atom. The van der Waals surface area contributed by atoms with E-state index in [4.69, 9.17) is 5.73 Å². The van der Waals surface area contributed by atoms with Crippen LogP contribution in [-0.4, -0.2) is 44.3 Å². The van der Waals surface area contributed by atoms with Gasteiger partial charge in [0.1, 0.15) is 0 Å². The molecule has 1 atom stereocenters. The maximum Gasteiger partial charge on any atom is 0.249 e. The standard InChI is InChI=1S/C13H19N3O3S/c1-9-3-4-11(7-12(9)13(14)17)20(18,19)16-6-5-15-10(2)8-16/h3-4,7,10,15H,5-6,8H2,1-2H3,(H2,14,17)/t10-/m1/s1. The smallest absolute Gasteiger partial charge is 0.249 e. The van der Waals surface area contributed by atoms with E-state index in [1.807, 2.05) is 6.92 Å². The largest absolute Gasteiger partial charge is 0.366 e. The number of primary amides is 1. The fraction of sp³-hybridized carbons (Fsp3) is 0.462. The third-order valence-corrected chi connectivity index (χ3v) is 5.30. The molecule has 1 amide bonds. The van der Waals surface area contributed by atoms with Gasteiger partial charge in [0.05, 0.1) is 4.90 Å². The lowest BCUT2D eigenvalue weighted by atomic mass is 10.1. The second kappa shape index (κ2) is 5.51. The highest BCUT2D eigenvalue weighted by molar-refractivity contribution is 7.89. The third-order valence-electron chi connectivity index (χ3n) is 3.44. The number of nitrogens with one attached hydrogen (secondary N) is 1. The first kappa shape index (κ1) is 15.0. The fourth-order valence-electron chi connectivity index (χ4n) is 2.29. The average molecular weight is 297 g/mol. The number of hydrogen-bond acceptors (Lipinski definition) is 4. The van der Waals surface area contributed by atoms with Crippen LogP contribution in [-0.2, 0) is 10.0 Å². The van der Waals surface area contributed by atoms with Crippen molar-refractivity contribution in [2.45, 2.75) is 24.8 Å². The van der Waals surface area contributed by atoms with Crippen LogP contribution in [0.15, 0.2) is 23.1 Å². The zero-order chi connectivity index (χ0) is 14.9. The summed E-state index contributed by atoms with van der Waals surface area (Å²) in [5.41, 5.74) is 6.19. The van der Waals surface area contributed by atoms with Crippen LogP contribution in [0, 0.1) is 6.92 Å². The van der Waals surface area contributed by atoms with E-state index in [0.717, 1.165) is 0 Å². The van der Waals surface area contributed by atoms with E-state index in [9.17, 15) is 13.2 Å². The molecule has 0 saturated carbocycles. The first-order valence-electron chi connectivity index (χ1n) is 6.46. The van der Waals surface area contributed by atoms with E-state index in [2.05, 4.69) is 5.32 Å². The number of carbonyl (C=O) groups is 1. The van der Waals surface area contributed by atoms with E-state index in [0.29, 0.717) is 25.2 Å². The Balaban J connectivity index is 2.39. The summed E-state index contributed by atoms with van der Waals surface area (Å²) in [7, 11) is -3.58. The van der Waals surface area contributed by atoms with Gasteiger partial charge in [0.2, 0.25) is 15.9 Å². The summed E-state index contributed by atoms with van der Waals surface area (Å²) >= 11 is 0. The van der Waals surface area contributed by atoms with Crippen LogP contribution < -0.4 is 11.1 Å². The number of rotatable bonds is 3. The number of aryl methyl sites for hydroxylation is 1. The van der Waals surface area contributed by atoms with Crippen molar-refractivity contribution in [1.29, 1.82) is 0 Å². The Morgan fingerprint density at radius 1 is 1.45 bits per heavy atom. The average Bonchev–Trinajstić information content (AvgIpc) is 2.38. The minimum Gasteiger partial charge on any atom is -0.366 e. The molecule has 1 aromatic carbocycles. The zero-order valence-corrected chi connectivity index (χ0v) is 12.4. The Bertz CT molecular complexity index is 628. The molecule has 1 fully saturated rings. The molecule has 7 heteroatoms. The molecule has 2 rings (SSSR count). The molecule has 0 bridgehead atoms. The molecule has 0 aromatic heterocycles. The van der Waals surface area contributed by atoms with Crippen LogP contribution in [0.5, 0.6) is 0 Å². The maximum atomic E-state index is 12.6. The topological polar surface area (TPSA) is 92.5 Å². The van der Waals surface area contributed by atoms with Gasteiger partial charge in [-0.25, -0.2) is 8.42 Å². The Hall–Kier alpha value is -1.44. The van der Waals surface area contributed by atoms with Crippen LogP contribution in [0.2, 0.25) is 0 Å². The summed E-state index contributed by atoms with van der Waals surface area (Å²) in [6.45, 7) is 5.12. The molecule has 1 aliphatic heterocycles. The van der Waals surface area contributed by atoms with Crippen molar-refractivity contribution in [1.82, 2.24) is 9.62 Å². The first-order chi connectivity index (χ1) is 9.32. The van der Waals surface area contributed by atoms with Gasteiger partial charge in [-0.2, -0.15) is 4.31 Å². The number of nitrogens with two attached hydrogens (primary N) is 1. The number of hydrogen-bond donors (Lipinski definition) is 2. The molecule has 0 spiro atoms. The van der Waals surface area contributed by atoms with Crippen LogP contribution in [0.1, 0.15) is 22.8 Å². The van der Waals surface area contributed by atoms with Crippen LogP contribution in [0.3, 0.4) is 0 Å². The summed E-state index contributed by atoms with van der Waals surface area (Å²) < 4.78 is 26.6. The van der Waals surface area contributed by atoms with Crippen molar-refractivity contribution < 1.29 is 13.2 Å². The molecule has 1 aromatic rings. The quantitative estimate of drug-likeness (QED) is 0.826. The Morgan fingerprint density at radius 3 is 2.75 bits per heavy atom. The molecular weight excluding hydrogens is 278 g/mol. The molecule has 6 nitrogen and oxygen atoms in total. The summed E-state index contributed by atoms with van der Waals surface area (Å²) in [4.78, 5) is 11.4. The van der Waals surface area contributed by atoms with Gasteiger partial charge in [0.15, 0.2) is 0 Å². The van der Waals surface area contributed by atoms with E-state index < -0.39 is 15.9 Å². The van der Waals surface area contributed by atoms with Gasteiger partial charge in [-0.15, -0.1) is 0 Å². The van der Waals surface area contributed by atoms with Crippen molar-refractivity contribution >= 4 is 15.9 Å². The lowest BCUT2D eigenvalue weighted by Gasteiger charge is -2.31. The SMILES string of the molecule is Cc1ccc(S(=O)(=O)N2CCN[C@H](C)C2)cc1C(N)=O. The van der Waals surface area contributed by atoms with Crippen molar-refractivity contribution in [2.24, 2.45) is 5.73 Å². The van der Waals surface area contributed by atoms with Gasteiger partial charge in [-0.1, -0.05) is 6.07 Å². The van der Waals surface area contributed by atoms with E-state index >= 15 is 0 Å². The van der Waals surface area contributed by atoms with Gasteiger partial charge in [0.25, 0.3) is 0 Å². The number of nitrogens with zero attached hydrogens (tertiary/aromatic N) is 1. The first-order valence-corrected chi connectivity index (χ1v) is 7.90. The minimum atomic E-state index is -3.58. The van der Waals surface area contributed by atoms with Crippen molar-refractivity contribution in [2.75, 3.05) is 19.6 Å². The normalized spacial score (nSPS) is 20.8. The number of benzene rings is 1. The highest BCUT2D eigenvalue weighted by Crippen LogP contribution is 2.20. The summed E-state index contributed by atoms with van der Waals surface area (Å²) in [6.07, 6.45) is 0. The number of piperazine rings is 1. The predicted molar refractivity (Wildman–Crippen MR) is 75.9 cm³/mol. The van der Waals surface area contributed by atoms with Crippen LogP contribution in [0.25, 0.3) is 0 Å². The van der Waals surface area contributed by atoms with Crippen molar-refractivity contribution in [3.8, 4) is 0 Å². The van der Waals surface area contributed by atoms with E-state index in [1.54, 1.807) is 13.0 Å². The van der Waals surface area contributed by atoms with Gasteiger partial charge in [0, 0.05) is 31.2 Å². The van der Waals surface area contributed by atoms with E-state index in [-0.39, 0.29) is 16.5 Å². The van der Waals surface area contributed by atoms with Gasteiger partial charge in [-0.3, -0.25) is 4.79 Å². The molecule has 0 unspecified atom stereocenters. The number of carbonyl (C=O) groups excluding carboxylic acids is 1. The van der Waals surface area contributed by atoms with Gasteiger partial charge >= 0.3 is 0 Å². The highest BCUT2D eigenvalue weighted by atomic mass is 32.2. The van der Waals surface area contributed by atoms with Crippen molar-refractivity contribution in [3.63, 3.8) is 0 Å². The second-order valence-electron chi connectivity index (χ2n) is 5.06. The highest BCUT2D eigenvalue weighted by Gasteiger charge is 2.29. The third kappa shape index (κ3) is 2.84. The number of amides is 1. The fourth-order valence-corrected chi connectivity index (χ4v) is 3.85. The zero-order valence-electron chi connectivity index (χ0n) is 11.6. The Kier molecular flexibility index (Phi) is 4.12. The minimum absolute atomic E-state index is 0.111. The molecule has 1 heterocycles. The molecule has 110 valence electrons. The predicted octanol–water partition coefficient (Wildman–Crippen LogP) is 0.0763. The number of sulfonamides is 1. The second-order valence-corrected chi connectivity index (χ2v) is 7.00. The van der Waals surface area contributed by atoms with E-state index in [1.165, 1.54) is 16.4 Å². The van der Waals surface area contributed by atoms with Gasteiger partial charge in [-0.05, 0) is 31.5 Å². The summed E-state index contributed by atoms with van der Waals surface area (Å²) in [5, 5.41) is 3.19. The lowest BCUT2D eigenvalue weighted by Crippen LogP contribution is -2.51. The van der Waals surface area contributed by atoms with Crippen LogP contribution in [0.4, 0.5) is 0 Å². The maximum absolute atomic E-state index is 12.6. The van der Waals surface area contributed by atoms with Crippen molar-refractivity contribution in [3.05, 3.63) is 29.3 Å². The Labute approximate surface area is 119 Å².